The van der Waals surface area contributed by atoms with E-state index in [1.165, 1.54) is 22.3 Å². The molecule has 2 aromatic rings. The van der Waals surface area contributed by atoms with Gasteiger partial charge in [0.05, 0.1) is 0 Å². The van der Waals surface area contributed by atoms with E-state index < -0.39 is 0 Å². The van der Waals surface area contributed by atoms with Crippen molar-refractivity contribution in [3.8, 4) is 0 Å². The van der Waals surface area contributed by atoms with E-state index in [0.717, 1.165) is 24.2 Å². The highest BCUT2D eigenvalue weighted by molar-refractivity contribution is 5.48. The highest BCUT2D eigenvalue weighted by Crippen LogP contribution is 2.26. The highest BCUT2D eigenvalue weighted by atomic mass is 14.5. The maximum absolute atomic E-state index is 5.94. The molecule has 2 nitrogen and oxygen atoms in total. The lowest BCUT2D eigenvalue weighted by molar-refractivity contribution is 0.808. The van der Waals surface area contributed by atoms with Crippen LogP contribution in [0.2, 0.25) is 0 Å². The molecule has 0 unspecified atom stereocenters. The second-order valence-electron chi connectivity index (χ2n) is 6.73. The van der Waals surface area contributed by atoms with Crippen LogP contribution >= 0.6 is 0 Å². The monoisotopic (exact) mass is 296 g/mol. The van der Waals surface area contributed by atoms with Crippen LogP contribution in [0.15, 0.2) is 36.4 Å². The minimum Gasteiger partial charge on any atom is -0.399 e. The predicted octanol–water partition coefficient (Wildman–Crippen LogP) is 4.88. The first-order valence-electron chi connectivity index (χ1n) is 8.15. The summed E-state index contributed by atoms with van der Waals surface area (Å²) in [6.07, 6.45) is 2.08. The molecule has 0 fully saturated rings. The summed E-state index contributed by atoms with van der Waals surface area (Å²) >= 11 is 0. The van der Waals surface area contributed by atoms with Crippen molar-refractivity contribution in [3.05, 3.63) is 58.7 Å². The Labute approximate surface area is 134 Å². The van der Waals surface area contributed by atoms with Crippen molar-refractivity contribution in [2.45, 2.75) is 52.4 Å². The number of benzene rings is 2. The summed E-state index contributed by atoms with van der Waals surface area (Å²) in [5.74, 6) is 0.990. The molecule has 22 heavy (non-hydrogen) atoms. The van der Waals surface area contributed by atoms with Crippen LogP contribution in [0, 0.1) is 0 Å². The Kier molecular flexibility index (Phi) is 5.12. The summed E-state index contributed by atoms with van der Waals surface area (Å²) in [4.78, 5) is 0. The predicted molar refractivity (Wildman–Crippen MR) is 97.3 cm³/mol. The van der Waals surface area contributed by atoms with Gasteiger partial charge in [0.25, 0.3) is 0 Å². The normalized spacial score (nSPS) is 11.4. The second-order valence-corrected chi connectivity index (χ2v) is 6.73. The van der Waals surface area contributed by atoms with Crippen LogP contribution in [0.5, 0.6) is 0 Å². The molecule has 0 spiro atoms. The van der Waals surface area contributed by atoms with Gasteiger partial charge >= 0.3 is 0 Å². The van der Waals surface area contributed by atoms with Crippen molar-refractivity contribution < 1.29 is 0 Å². The molecular formula is C20H28N2. The van der Waals surface area contributed by atoms with Gasteiger partial charge in [-0.25, -0.2) is 0 Å². The van der Waals surface area contributed by atoms with Crippen LogP contribution in [0.4, 0.5) is 11.4 Å². The van der Waals surface area contributed by atoms with Crippen LogP contribution in [-0.2, 0) is 12.8 Å². The van der Waals surface area contributed by atoms with Crippen molar-refractivity contribution >= 4 is 11.4 Å². The van der Waals surface area contributed by atoms with E-state index in [2.05, 4.69) is 52.0 Å². The van der Waals surface area contributed by atoms with Crippen LogP contribution in [0.25, 0.3) is 0 Å². The number of nitrogen functional groups attached to an aromatic ring is 2. The maximum Gasteiger partial charge on any atom is 0.0317 e. The molecule has 0 aliphatic heterocycles. The molecule has 0 amide bonds. The second kappa shape index (κ2) is 6.87. The van der Waals surface area contributed by atoms with E-state index in [4.69, 9.17) is 11.5 Å². The Morgan fingerprint density at radius 3 is 1.36 bits per heavy atom. The van der Waals surface area contributed by atoms with Crippen LogP contribution in [0.1, 0.15) is 61.8 Å². The SMILES string of the molecule is CC(C)c1cc(N)ccc1CCc1ccc(N)cc1C(C)C. The summed E-state index contributed by atoms with van der Waals surface area (Å²) < 4.78 is 0. The lowest BCUT2D eigenvalue weighted by atomic mass is 9.89. The Morgan fingerprint density at radius 2 is 1.05 bits per heavy atom. The lowest BCUT2D eigenvalue weighted by Gasteiger charge is -2.16. The number of hydrogen-bond donors (Lipinski definition) is 2. The van der Waals surface area contributed by atoms with Crippen molar-refractivity contribution in [3.63, 3.8) is 0 Å². The standard InChI is InChI=1S/C20H28N2/c1-13(2)19-11-17(21)9-7-15(19)5-6-16-8-10-18(22)12-20(16)14(3)4/h7-14H,5-6,21-22H2,1-4H3. The molecule has 118 valence electrons. The quantitative estimate of drug-likeness (QED) is 0.772. The Hall–Kier alpha value is -1.96. The van der Waals surface area contributed by atoms with Gasteiger partial charge < -0.3 is 11.5 Å². The Balaban J connectivity index is 2.24. The zero-order valence-electron chi connectivity index (χ0n) is 14.2. The lowest BCUT2D eigenvalue weighted by Crippen LogP contribution is -2.03. The van der Waals surface area contributed by atoms with E-state index >= 15 is 0 Å². The molecule has 0 radical (unpaired) electrons. The topological polar surface area (TPSA) is 52.0 Å². The van der Waals surface area contributed by atoms with Crippen molar-refractivity contribution in [2.24, 2.45) is 0 Å². The summed E-state index contributed by atoms with van der Waals surface area (Å²) in [5, 5.41) is 0. The molecule has 0 aliphatic rings. The number of nitrogens with two attached hydrogens (primary N) is 2. The van der Waals surface area contributed by atoms with Gasteiger partial charge in [-0.05, 0) is 71.2 Å². The highest BCUT2D eigenvalue weighted by Gasteiger charge is 2.11. The third-order valence-corrected chi connectivity index (χ3v) is 4.25. The van der Waals surface area contributed by atoms with E-state index in [0.29, 0.717) is 11.8 Å². The molecule has 2 aromatic carbocycles. The van der Waals surface area contributed by atoms with E-state index in [-0.39, 0.29) is 0 Å². The molecule has 0 aliphatic carbocycles. The van der Waals surface area contributed by atoms with Gasteiger partial charge in [0.2, 0.25) is 0 Å². The Bertz CT molecular complexity index is 585. The zero-order chi connectivity index (χ0) is 16.3. The first kappa shape index (κ1) is 16.4. The van der Waals surface area contributed by atoms with Crippen LogP contribution in [-0.4, -0.2) is 0 Å². The summed E-state index contributed by atoms with van der Waals surface area (Å²) in [6, 6.07) is 12.6. The fourth-order valence-electron chi connectivity index (χ4n) is 3.03. The molecule has 0 heterocycles. The van der Waals surface area contributed by atoms with E-state index in [1.54, 1.807) is 0 Å². The zero-order valence-corrected chi connectivity index (χ0v) is 14.2. The minimum absolute atomic E-state index is 0.495. The molecule has 0 aromatic heterocycles. The molecule has 0 atom stereocenters. The third-order valence-electron chi connectivity index (χ3n) is 4.25. The average molecular weight is 296 g/mol. The van der Waals surface area contributed by atoms with E-state index in [1.807, 2.05) is 12.1 Å². The van der Waals surface area contributed by atoms with Gasteiger partial charge in [-0.1, -0.05) is 39.8 Å². The number of rotatable bonds is 5. The molecule has 2 heteroatoms. The summed E-state index contributed by atoms with van der Waals surface area (Å²) in [7, 11) is 0. The molecule has 0 saturated carbocycles. The van der Waals surface area contributed by atoms with Gasteiger partial charge in [0.15, 0.2) is 0 Å². The summed E-state index contributed by atoms with van der Waals surface area (Å²) in [5.41, 5.74) is 19.1. The number of anilines is 2. The van der Waals surface area contributed by atoms with Crippen molar-refractivity contribution in [2.75, 3.05) is 11.5 Å². The fraction of sp³-hybridized carbons (Fsp3) is 0.400. The maximum atomic E-state index is 5.94. The van der Waals surface area contributed by atoms with Crippen LogP contribution in [0.3, 0.4) is 0 Å². The number of hydrogen-bond acceptors (Lipinski definition) is 2. The first-order chi connectivity index (χ1) is 10.4. The van der Waals surface area contributed by atoms with Gasteiger partial charge in [-0.2, -0.15) is 0 Å². The van der Waals surface area contributed by atoms with Crippen molar-refractivity contribution in [1.29, 1.82) is 0 Å². The summed E-state index contributed by atoms with van der Waals surface area (Å²) in [6.45, 7) is 8.89. The van der Waals surface area contributed by atoms with Gasteiger partial charge in [0, 0.05) is 11.4 Å². The third kappa shape index (κ3) is 3.82. The molecular weight excluding hydrogens is 268 g/mol. The van der Waals surface area contributed by atoms with Crippen LogP contribution < -0.4 is 11.5 Å². The average Bonchev–Trinajstić information content (AvgIpc) is 2.46. The van der Waals surface area contributed by atoms with Crippen molar-refractivity contribution in [1.82, 2.24) is 0 Å². The molecule has 2 rings (SSSR count). The van der Waals surface area contributed by atoms with Gasteiger partial charge in [0.1, 0.15) is 0 Å². The number of aryl methyl sites for hydroxylation is 2. The molecule has 0 bridgehead atoms. The van der Waals surface area contributed by atoms with Gasteiger partial charge in [-0.15, -0.1) is 0 Å². The largest absolute Gasteiger partial charge is 0.399 e. The van der Waals surface area contributed by atoms with Gasteiger partial charge in [-0.3, -0.25) is 0 Å². The first-order valence-corrected chi connectivity index (χ1v) is 8.15. The minimum atomic E-state index is 0.495. The molecule has 0 saturated heterocycles. The fourth-order valence-corrected chi connectivity index (χ4v) is 3.03. The van der Waals surface area contributed by atoms with E-state index in [9.17, 15) is 0 Å². The molecule has 4 N–H and O–H groups in total. The Morgan fingerprint density at radius 1 is 0.682 bits per heavy atom. The smallest absolute Gasteiger partial charge is 0.0317 e.